The third-order valence-electron chi connectivity index (χ3n) is 4.36. The van der Waals surface area contributed by atoms with Gasteiger partial charge in [-0.3, -0.25) is 4.79 Å². The van der Waals surface area contributed by atoms with Crippen LogP contribution in [0.2, 0.25) is 0 Å². The van der Waals surface area contributed by atoms with Gasteiger partial charge >= 0.3 is 5.97 Å². The number of benzene rings is 2. The highest BCUT2D eigenvalue weighted by Gasteiger charge is 2.21. The van der Waals surface area contributed by atoms with Crippen LogP contribution >= 0.6 is 0 Å². The molecule has 0 unspecified atom stereocenters. The molecule has 1 N–H and O–H groups in total. The van der Waals surface area contributed by atoms with Crippen LogP contribution in [0.5, 0.6) is 5.75 Å². The Morgan fingerprint density at radius 3 is 2.43 bits per heavy atom. The minimum Gasteiger partial charge on any atom is -0.484 e. The van der Waals surface area contributed by atoms with E-state index in [-0.39, 0.29) is 24.6 Å². The highest BCUT2D eigenvalue weighted by Crippen LogP contribution is 2.21. The Morgan fingerprint density at radius 2 is 1.77 bits per heavy atom. The predicted molar refractivity (Wildman–Crippen MR) is 114 cm³/mol. The van der Waals surface area contributed by atoms with Gasteiger partial charge in [0, 0.05) is 0 Å². The van der Waals surface area contributed by atoms with Gasteiger partial charge in [-0.15, -0.1) is 0 Å². The fourth-order valence-electron chi connectivity index (χ4n) is 2.95. The minimum absolute atomic E-state index is 0.179. The van der Waals surface area contributed by atoms with Crippen LogP contribution in [0.1, 0.15) is 36.2 Å². The lowest BCUT2D eigenvalue weighted by Gasteiger charge is -2.12. The molecule has 7 heteroatoms. The highest BCUT2D eigenvalue weighted by molar-refractivity contribution is 6.00. The molecule has 3 aromatic rings. The van der Waals surface area contributed by atoms with Crippen molar-refractivity contribution in [2.75, 3.05) is 18.5 Å². The zero-order chi connectivity index (χ0) is 21.3. The number of carbonyl (C=O) groups is 2. The summed E-state index contributed by atoms with van der Waals surface area (Å²) in [6, 6.07) is 16.9. The van der Waals surface area contributed by atoms with Gasteiger partial charge in [0.05, 0.1) is 18.5 Å². The molecular weight excluding hydrogens is 382 g/mol. The molecule has 2 aromatic carbocycles. The normalized spacial score (nSPS) is 10.5. The lowest BCUT2D eigenvalue weighted by Crippen LogP contribution is -2.23. The van der Waals surface area contributed by atoms with E-state index < -0.39 is 11.9 Å². The molecule has 0 saturated carbocycles. The van der Waals surface area contributed by atoms with Crippen molar-refractivity contribution in [3.05, 3.63) is 71.9 Å². The number of amides is 1. The van der Waals surface area contributed by atoms with E-state index in [0.29, 0.717) is 11.4 Å². The van der Waals surface area contributed by atoms with Crippen molar-refractivity contribution in [3.63, 3.8) is 0 Å². The van der Waals surface area contributed by atoms with Crippen LogP contribution in [0.4, 0.5) is 5.82 Å². The molecule has 0 saturated heterocycles. The minimum atomic E-state index is -0.553. The summed E-state index contributed by atoms with van der Waals surface area (Å²) in [5.41, 5.74) is 2.11. The standard InChI is InChI=1S/C23H25N3O4/c1-3-8-17-11-13-19(14-12-17)30-16-21(27)25-22-20(23(28)29-4-2)15-24-26(22)18-9-6-5-7-10-18/h5-7,9-15H,3-4,8,16H2,1-2H3,(H,25,27). The average Bonchev–Trinajstić information content (AvgIpc) is 3.18. The molecule has 30 heavy (non-hydrogen) atoms. The number of hydrogen-bond acceptors (Lipinski definition) is 5. The van der Waals surface area contributed by atoms with Crippen LogP contribution in [-0.2, 0) is 16.0 Å². The van der Waals surface area contributed by atoms with Gasteiger partial charge < -0.3 is 14.8 Å². The number of para-hydroxylation sites is 1. The molecule has 1 heterocycles. The predicted octanol–water partition coefficient (Wildman–Crippen LogP) is 4.02. The van der Waals surface area contributed by atoms with Crippen molar-refractivity contribution >= 4 is 17.7 Å². The number of hydrogen-bond donors (Lipinski definition) is 1. The summed E-state index contributed by atoms with van der Waals surface area (Å²) in [5.74, 6) is -0.114. The van der Waals surface area contributed by atoms with Crippen LogP contribution < -0.4 is 10.1 Å². The van der Waals surface area contributed by atoms with Crippen molar-refractivity contribution in [2.45, 2.75) is 26.7 Å². The Balaban J connectivity index is 1.74. The van der Waals surface area contributed by atoms with Gasteiger partial charge in [-0.05, 0) is 43.2 Å². The summed E-state index contributed by atoms with van der Waals surface area (Å²) in [4.78, 5) is 24.8. The first kappa shape index (κ1) is 21.1. The zero-order valence-electron chi connectivity index (χ0n) is 17.1. The van der Waals surface area contributed by atoms with Crippen LogP contribution in [0.3, 0.4) is 0 Å². The van der Waals surface area contributed by atoms with Crippen LogP contribution in [-0.4, -0.2) is 34.9 Å². The molecule has 7 nitrogen and oxygen atoms in total. The Bertz CT molecular complexity index is 981. The summed E-state index contributed by atoms with van der Waals surface area (Å²) in [5, 5.41) is 6.98. The number of esters is 1. The van der Waals surface area contributed by atoms with E-state index >= 15 is 0 Å². The van der Waals surface area contributed by atoms with Crippen molar-refractivity contribution in [1.82, 2.24) is 9.78 Å². The van der Waals surface area contributed by atoms with Crippen molar-refractivity contribution < 1.29 is 19.1 Å². The maximum Gasteiger partial charge on any atom is 0.343 e. The van der Waals surface area contributed by atoms with E-state index in [1.54, 1.807) is 6.92 Å². The molecular formula is C23H25N3O4. The first-order chi connectivity index (χ1) is 14.6. The number of ether oxygens (including phenoxy) is 2. The number of nitrogens with one attached hydrogen (secondary N) is 1. The monoisotopic (exact) mass is 407 g/mol. The largest absolute Gasteiger partial charge is 0.484 e. The number of anilines is 1. The number of aryl methyl sites for hydroxylation is 1. The van der Waals surface area contributed by atoms with Gasteiger partial charge in [-0.25, -0.2) is 9.48 Å². The molecule has 1 amide bonds. The lowest BCUT2D eigenvalue weighted by atomic mass is 10.1. The third-order valence-corrected chi connectivity index (χ3v) is 4.36. The highest BCUT2D eigenvalue weighted by atomic mass is 16.5. The maximum atomic E-state index is 12.5. The van der Waals surface area contributed by atoms with E-state index in [1.807, 2.05) is 54.6 Å². The molecule has 0 aliphatic rings. The molecule has 0 fully saturated rings. The van der Waals surface area contributed by atoms with E-state index in [1.165, 1.54) is 16.4 Å². The van der Waals surface area contributed by atoms with E-state index in [9.17, 15) is 9.59 Å². The molecule has 0 radical (unpaired) electrons. The van der Waals surface area contributed by atoms with E-state index in [4.69, 9.17) is 9.47 Å². The van der Waals surface area contributed by atoms with Gasteiger partial charge in [0.15, 0.2) is 12.4 Å². The number of carbonyl (C=O) groups excluding carboxylic acids is 2. The van der Waals surface area contributed by atoms with Gasteiger partial charge in [0.2, 0.25) is 0 Å². The summed E-state index contributed by atoms with van der Waals surface area (Å²) in [6.07, 6.45) is 3.45. The number of nitrogens with zero attached hydrogens (tertiary/aromatic N) is 2. The molecule has 0 spiro atoms. The summed E-state index contributed by atoms with van der Waals surface area (Å²) >= 11 is 0. The third kappa shape index (κ3) is 5.26. The lowest BCUT2D eigenvalue weighted by molar-refractivity contribution is -0.118. The number of aromatic nitrogens is 2. The fraction of sp³-hybridized carbons (Fsp3) is 0.261. The second kappa shape index (κ2) is 10.2. The molecule has 1 aromatic heterocycles. The van der Waals surface area contributed by atoms with Gasteiger partial charge in [-0.2, -0.15) is 5.10 Å². The molecule has 0 aliphatic carbocycles. The van der Waals surface area contributed by atoms with E-state index in [2.05, 4.69) is 17.3 Å². The van der Waals surface area contributed by atoms with Gasteiger partial charge in [-0.1, -0.05) is 43.7 Å². The molecule has 0 aliphatic heterocycles. The molecule has 0 atom stereocenters. The van der Waals surface area contributed by atoms with Crippen LogP contribution in [0.15, 0.2) is 60.8 Å². The first-order valence-corrected chi connectivity index (χ1v) is 9.94. The second-order valence-electron chi connectivity index (χ2n) is 6.61. The van der Waals surface area contributed by atoms with Crippen molar-refractivity contribution in [1.29, 1.82) is 0 Å². The van der Waals surface area contributed by atoms with E-state index in [0.717, 1.165) is 12.8 Å². The maximum absolute atomic E-state index is 12.5. The number of rotatable bonds is 9. The van der Waals surface area contributed by atoms with Gasteiger partial charge in [0.1, 0.15) is 11.3 Å². The van der Waals surface area contributed by atoms with Crippen LogP contribution in [0, 0.1) is 0 Å². The Labute approximate surface area is 175 Å². The van der Waals surface area contributed by atoms with Crippen molar-refractivity contribution in [3.8, 4) is 11.4 Å². The second-order valence-corrected chi connectivity index (χ2v) is 6.61. The quantitative estimate of drug-likeness (QED) is 0.542. The summed E-state index contributed by atoms with van der Waals surface area (Å²) in [7, 11) is 0. The Kier molecular flexibility index (Phi) is 7.21. The average molecular weight is 407 g/mol. The Hall–Kier alpha value is -3.61. The molecule has 156 valence electrons. The smallest absolute Gasteiger partial charge is 0.343 e. The SMILES string of the molecule is CCCc1ccc(OCC(=O)Nc2c(C(=O)OCC)cnn2-c2ccccc2)cc1. The fourth-order valence-corrected chi connectivity index (χ4v) is 2.95. The van der Waals surface area contributed by atoms with Gasteiger partial charge in [0.25, 0.3) is 5.91 Å². The molecule has 0 bridgehead atoms. The van der Waals surface area contributed by atoms with Crippen LogP contribution in [0.25, 0.3) is 5.69 Å². The topological polar surface area (TPSA) is 82.4 Å². The Morgan fingerprint density at radius 1 is 1.03 bits per heavy atom. The zero-order valence-corrected chi connectivity index (χ0v) is 17.1. The molecule has 3 rings (SSSR count). The first-order valence-electron chi connectivity index (χ1n) is 9.94. The van der Waals surface area contributed by atoms with Crippen molar-refractivity contribution in [2.24, 2.45) is 0 Å². The summed E-state index contributed by atoms with van der Waals surface area (Å²) in [6.45, 7) is 3.87. The summed E-state index contributed by atoms with van der Waals surface area (Å²) < 4.78 is 12.2.